The zero-order valence-electron chi connectivity index (χ0n) is 14.7. The van der Waals surface area contributed by atoms with E-state index in [9.17, 15) is 4.79 Å². The van der Waals surface area contributed by atoms with Gasteiger partial charge in [-0.2, -0.15) is 0 Å². The lowest BCUT2D eigenvalue weighted by molar-refractivity contribution is 0.00665. The van der Waals surface area contributed by atoms with Crippen LogP contribution in [-0.4, -0.2) is 51.3 Å². The van der Waals surface area contributed by atoms with Gasteiger partial charge in [-0.05, 0) is 41.5 Å². The fourth-order valence-corrected chi connectivity index (χ4v) is 1.96. The maximum absolute atomic E-state index is 12.3. The Bertz CT molecular complexity index is 444. The summed E-state index contributed by atoms with van der Waals surface area (Å²) in [4.78, 5) is 18.1. The Morgan fingerprint density at radius 3 is 2.41 bits per heavy atom. The summed E-state index contributed by atoms with van der Waals surface area (Å²) in [5.41, 5.74) is -0.746. The molecule has 0 aliphatic carbocycles. The van der Waals surface area contributed by atoms with Crippen molar-refractivity contribution < 1.29 is 9.53 Å². The standard InChI is InChI=1S/C16H30N4O2/c1-15(2,3)20(14(21)22-16(4,5)6)12-9-17-7-10-19-11-8-18-13-19/h8,11,13,17H,7,9-10,12H2,1-6H3. The van der Waals surface area contributed by atoms with Gasteiger partial charge in [0, 0.05) is 44.1 Å². The third-order valence-corrected chi connectivity index (χ3v) is 3.04. The first kappa shape index (κ1) is 18.5. The lowest BCUT2D eigenvalue weighted by atomic mass is 10.1. The van der Waals surface area contributed by atoms with Crippen LogP contribution >= 0.6 is 0 Å². The van der Waals surface area contributed by atoms with Gasteiger partial charge in [-0.25, -0.2) is 9.78 Å². The quantitative estimate of drug-likeness (QED) is 0.820. The van der Waals surface area contributed by atoms with Crippen LogP contribution in [0.3, 0.4) is 0 Å². The molecule has 0 bridgehead atoms. The van der Waals surface area contributed by atoms with Crippen molar-refractivity contribution in [3.63, 3.8) is 0 Å². The number of carbonyl (C=O) groups is 1. The Morgan fingerprint density at radius 2 is 1.91 bits per heavy atom. The zero-order valence-corrected chi connectivity index (χ0v) is 14.7. The number of amides is 1. The van der Waals surface area contributed by atoms with E-state index in [0.717, 1.165) is 19.6 Å². The number of carbonyl (C=O) groups excluding carboxylic acids is 1. The molecule has 1 aromatic heterocycles. The van der Waals surface area contributed by atoms with Crippen LogP contribution < -0.4 is 5.32 Å². The molecule has 0 spiro atoms. The second kappa shape index (κ2) is 7.63. The van der Waals surface area contributed by atoms with E-state index in [2.05, 4.69) is 10.3 Å². The minimum absolute atomic E-state index is 0.267. The summed E-state index contributed by atoms with van der Waals surface area (Å²) in [6, 6.07) is 0. The van der Waals surface area contributed by atoms with Gasteiger partial charge in [0.25, 0.3) is 0 Å². The molecule has 0 unspecified atom stereocenters. The van der Waals surface area contributed by atoms with E-state index in [-0.39, 0.29) is 11.6 Å². The number of hydrogen-bond donors (Lipinski definition) is 1. The van der Waals surface area contributed by atoms with Gasteiger partial charge in [-0.3, -0.25) is 0 Å². The van der Waals surface area contributed by atoms with E-state index in [1.54, 1.807) is 17.4 Å². The summed E-state index contributed by atoms with van der Waals surface area (Å²) in [5, 5.41) is 3.35. The van der Waals surface area contributed by atoms with Gasteiger partial charge in [-0.15, -0.1) is 0 Å². The predicted octanol–water partition coefficient (Wildman–Crippen LogP) is 2.51. The summed E-state index contributed by atoms with van der Waals surface area (Å²) in [6.45, 7) is 14.7. The smallest absolute Gasteiger partial charge is 0.410 e. The molecule has 1 amide bonds. The molecule has 6 nitrogen and oxygen atoms in total. The van der Waals surface area contributed by atoms with Crippen molar-refractivity contribution in [3.8, 4) is 0 Å². The maximum Gasteiger partial charge on any atom is 0.410 e. The molecule has 0 saturated heterocycles. The monoisotopic (exact) mass is 310 g/mol. The minimum Gasteiger partial charge on any atom is -0.444 e. The van der Waals surface area contributed by atoms with Crippen LogP contribution in [0.5, 0.6) is 0 Å². The van der Waals surface area contributed by atoms with E-state index in [0.29, 0.717) is 6.54 Å². The molecule has 0 radical (unpaired) electrons. The first-order valence-electron chi connectivity index (χ1n) is 7.77. The highest BCUT2D eigenvalue weighted by Gasteiger charge is 2.30. The van der Waals surface area contributed by atoms with Gasteiger partial charge in [0.1, 0.15) is 5.60 Å². The SMILES string of the molecule is CC(C)(C)OC(=O)N(CCNCCn1ccnc1)C(C)(C)C. The van der Waals surface area contributed by atoms with Gasteiger partial charge >= 0.3 is 6.09 Å². The summed E-state index contributed by atoms with van der Waals surface area (Å²) in [5.74, 6) is 0. The molecule has 0 atom stereocenters. The highest BCUT2D eigenvalue weighted by molar-refractivity contribution is 5.69. The van der Waals surface area contributed by atoms with E-state index < -0.39 is 5.60 Å². The first-order chi connectivity index (χ1) is 10.1. The van der Waals surface area contributed by atoms with E-state index >= 15 is 0 Å². The molecule has 1 rings (SSSR count). The molecule has 1 heterocycles. The maximum atomic E-state index is 12.3. The summed E-state index contributed by atoms with van der Waals surface area (Å²) in [6.07, 6.45) is 5.23. The van der Waals surface area contributed by atoms with Crippen LogP contribution in [0.25, 0.3) is 0 Å². The Kier molecular flexibility index (Phi) is 6.41. The zero-order chi connectivity index (χ0) is 16.8. The summed E-state index contributed by atoms with van der Waals surface area (Å²) in [7, 11) is 0. The molecule has 126 valence electrons. The fourth-order valence-electron chi connectivity index (χ4n) is 1.96. The summed E-state index contributed by atoms with van der Waals surface area (Å²) < 4.78 is 7.51. The van der Waals surface area contributed by atoms with Crippen molar-refractivity contribution in [2.75, 3.05) is 19.6 Å². The van der Waals surface area contributed by atoms with E-state index in [4.69, 9.17) is 4.74 Å². The molecule has 0 saturated carbocycles. The molecule has 1 aromatic rings. The first-order valence-corrected chi connectivity index (χ1v) is 7.77. The third kappa shape index (κ3) is 6.93. The number of imidazole rings is 1. The van der Waals surface area contributed by atoms with Crippen molar-refractivity contribution in [2.24, 2.45) is 0 Å². The second-order valence-electron chi connectivity index (χ2n) is 7.35. The normalized spacial score (nSPS) is 12.3. The minimum atomic E-state index is -0.477. The molecular formula is C16H30N4O2. The second-order valence-corrected chi connectivity index (χ2v) is 7.35. The van der Waals surface area contributed by atoms with Crippen LogP contribution in [0.2, 0.25) is 0 Å². The number of hydrogen-bond acceptors (Lipinski definition) is 4. The topological polar surface area (TPSA) is 59.4 Å². The molecule has 1 N–H and O–H groups in total. The van der Waals surface area contributed by atoms with Gasteiger partial charge in [-0.1, -0.05) is 0 Å². The average Bonchev–Trinajstić information content (AvgIpc) is 2.82. The van der Waals surface area contributed by atoms with Crippen LogP contribution in [0.1, 0.15) is 41.5 Å². The highest BCUT2D eigenvalue weighted by atomic mass is 16.6. The summed E-state index contributed by atoms with van der Waals surface area (Å²) >= 11 is 0. The van der Waals surface area contributed by atoms with Crippen LogP contribution in [-0.2, 0) is 11.3 Å². The fraction of sp³-hybridized carbons (Fsp3) is 0.750. The highest BCUT2D eigenvalue weighted by Crippen LogP contribution is 2.17. The van der Waals surface area contributed by atoms with Gasteiger partial charge in [0.2, 0.25) is 0 Å². The lowest BCUT2D eigenvalue weighted by Gasteiger charge is -2.36. The van der Waals surface area contributed by atoms with E-state index in [1.165, 1.54) is 0 Å². The molecule has 0 aromatic carbocycles. The largest absolute Gasteiger partial charge is 0.444 e. The Hall–Kier alpha value is -1.56. The van der Waals surface area contributed by atoms with Crippen molar-refractivity contribution >= 4 is 6.09 Å². The molecule has 0 aliphatic rings. The third-order valence-electron chi connectivity index (χ3n) is 3.04. The van der Waals surface area contributed by atoms with Gasteiger partial charge in [0.15, 0.2) is 0 Å². The van der Waals surface area contributed by atoms with Crippen molar-refractivity contribution in [3.05, 3.63) is 18.7 Å². The number of rotatable bonds is 6. The Balaban J connectivity index is 2.40. The average molecular weight is 310 g/mol. The number of ether oxygens (including phenoxy) is 1. The molecule has 6 heteroatoms. The molecule has 0 fully saturated rings. The van der Waals surface area contributed by atoms with Crippen LogP contribution in [0.15, 0.2) is 18.7 Å². The van der Waals surface area contributed by atoms with Gasteiger partial charge < -0.3 is 19.5 Å². The Labute approximate surface area is 133 Å². The van der Waals surface area contributed by atoms with Crippen molar-refractivity contribution in [1.82, 2.24) is 19.8 Å². The van der Waals surface area contributed by atoms with E-state index in [1.807, 2.05) is 52.3 Å². The number of nitrogens with zero attached hydrogens (tertiary/aromatic N) is 3. The predicted molar refractivity (Wildman–Crippen MR) is 87.8 cm³/mol. The van der Waals surface area contributed by atoms with Crippen LogP contribution in [0.4, 0.5) is 4.79 Å². The molecule has 0 aliphatic heterocycles. The van der Waals surface area contributed by atoms with Crippen LogP contribution in [0, 0.1) is 0 Å². The number of nitrogens with one attached hydrogen (secondary N) is 1. The lowest BCUT2D eigenvalue weighted by Crippen LogP contribution is -2.50. The molecular weight excluding hydrogens is 280 g/mol. The van der Waals surface area contributed by atoms with Gasteiger partial charge in [0.05, 0.1) is 6.33 Å². The molecule has 22 heavy (non-hydrogen) atoms. The van der Waals surface area contributed by atoms with Crippen molar-refractivity contribution in [1.29, 1.82) is 0 Å². The Morgan fingerprint density at radius 1 is 1.23 bits per heavy atom. The number of aromatic nitrogens is 2. The van der Waals surface area contributed by atoms with Crippen molar-refractivity contribution in [2.45, 2.75) is 59.2 Å².